The van der Waals surface area contributed by atoms with E-state index >= 15 is 0 Å². The van der Waals surface area contributed by atoms with E-state index in [1.165, 1.54) is 12.8 Å². The molecule has 3 nitrogen and oxygen atoms in total. The van der Waals surface area contributed by atoms with Crippen molar-refractivity contribution in [3.63, 3.8) is 0 Å². The van der Waals surface area contributed by atoms with E-state index in [9.17, 15) is 0 Å². The monoisotopic (exact) mass is 187 g/mol. The van der Waals surface area contributed by atoms with Crippen LogP contribution in [0.2, 0.25) is 0 Å². The van der Waals surface area contributed by atoms with E-state index in [0.29, 0.717) is 5.82 Å². The van der Waals surface area contributed by atoms with E-state index in [2.05, 4.69) is 16.6 Å². The molecular weight excluding hydrogens is 177 g/mol. The summed E-state index contributed by atoms with van der Waals surface area (Å²) in [6.07, 6.45) is 6.43. The first-order chi connectivity index (χ1) is 5.36. The van der Waals surface area contributed by atoms with Gasteiger partial charge in [-0.25, -0.2) is 5.10 Å². The summed E-state index contributed by atoms with van der Waals surface area (Å²) >= 11 is 0. The minimum Gasteiger partial charge on any atom is -0.433 e. The van der Waals surface area contributed by atoms with Crippen LogP contribution in [0.25, 0.3) is 0 Å². The molecule has 2 N–H and O–H groups in total. The minimum absolute atomic E-state index is 0. The molecule has 1 saturated carbocycles. The van der Waals surface area contributed by atoms with Crippen molar-refractivity contribution < 1.29 is 51.4 Å². The quantitative estimate of drug-likeness (QED) is 0.431. The van der Waals surface area contributed by atoms with E-state index in [1.807, 2.05) is 6.07 Å². The van der Waals surface area contributed by atoms with Crippen LogP contribution in [-0.2, 0) is 0 Å². The zero-order chi connectivity index (χ0) is 7.68. The number of hydrogen-bond donors (Lipinski definition) is 1. The molecule has 1 aromatic heterocycles. The molecule has 1 heterocycles. The van der Waals surface area contributed by atoms with Crippen LogP contribution in [0.4, 0.5) is 5.82 Å². The standard InChI is InChI=1S/C8H10N3.K/c9-8-7(3-4-10-11-8)5-6-1-2-6;/h3-6H,1-2H2,(H2,9,11);/q-1;+1. The first kappa shape index (κ1) is 10.5. The Labute approximate surface area is 115 Å². The van der Waals surface area contributed by atoms with E-state index in [1.54, 1.807) is 6.20 Å². The van der Waals surface area contributed by atoms with Crippen molar-refractivity contribution in [2.75, 3.05) is 5.73 Å². The molecule has 1 aliphatic carbocycles. The Balaban J connectivity index is 0.000000720. The van der Waals surface area contributed by atoms with Crippen LogP contribution in [0, 0.1) is 12.3 Å². The third-order valence-corrected chi connectivity index (χ3v) is 1.82. The average molecular weight is 187 g/mol. The van der Waals surface area contributed by atoms with Crippen LogP contribution < -0.4 is 57.1 Å². The summed E-state index contributed by atoms with van der Waals surface area (Å²) < 4.78 is 0. The van der Waals surface area contributed by atoms with Crippen LogP contribution in [0.5, 0.6) is 0 Å². The molecule has 12 heavy (non-hydrogen) atoms. The Morgan fingerprint density at radius 1 is 1.50 bits per heavy atom. The van der Waals surface area contributed by atoms with Crippen molar-refractivity contribution in [2.24, 2.45) is 5.92 Å². The van der Waals surface area contributed by atoms with Crippen molar-refractivity contribution in [1.82, 2.24) is 10.2 Å². The summed E-state index contributed by atoms with van der Waals surface area (Å²) in [4.78, 5) is 0. The Morgan fingerprint density at radius 3 is 2.83 bits per heavy atom. The van der Waals surface area contributed by atoms with Gasteiger partial charge in [-0.3, -0.25) is 0 Å². The number of hydrogen-bond acceptors (Lipinski definition) is 3. The maximum atomic E-state index is 5.59. The number of rotatable bonds is 2. The van der Waals surface area contributed by atoms with Crippen molar-refractivity contribution >= 4 is 5.82 Å². The minimum atomic E-state index is 0. The molecule has 1 aliphatic rings. The third kappa shape index (κ3) is 2.71. The van der Waals surface area contributed by atoms with E-state index < -0.39 is 0 Å². The second-order valence-electron chi connectivity index (χ2n) is 2.88. The fraction of sp³-hybridized carbons (Fsp3) is 0.375. The molecule has 2 rings (SSSR count). The number of aromatic nitrogens is 2. The SMILES string of the molecule is Nc1nnccc1[CH-]C1CC1.[K+]. The number of nitrogens with two attached hydrogens (primary N) is 1. The zero-order valence-corrected chi connectivity index (χ0v) is 10.3. The topological polar surface area (TPSA) is 51.8 Å². The molecule has 58 valence electrons. The summed E-state index contributed by atoms with van der Waals surface area (Å²) in [6, 6.07) is 1.90. The van der Waals surface area contributed by atoms with Gasteiger partial charge in [0.2, 0.25) is 0 Å². The van der Waals surface area contributed by atoms with Crippen molar-refractivity contribution in [3.05, 3.63) is 24.2 Å². The van der Waals surface area contributed by atoms with Crippen LogP contribution in [-0.4, -0.2) is 10.2 Å². The first-order valence-corrected chi connectivity index (χ1v) is 3.78. The number of anilines is 1. The predicted molar refractivity (Wildman–Crippen MR) is 42.6 cm³/mol. The van der Waals surface area contributed by atoms with Crippen molar-refractivity contribution in [3.8, 4) is 0 Å². The maximum absolute atomic E-state index is 5.59. The molecule has 1 aromatic rings. The molecule has 0 bridgehead atoms. The molecule has 0 amide bonds. The summed E-state index contributed by atoms with van der Waals surface area (Å²) in [6.45, 7) is 0. The Morgan fingerprint density at radius 2 is 2.25 bits per heavy atom. The Hall–Kier alpha value is 0.386. The van der Waals surface area contributed by atoms with Crippen LogP contribution in [0.1, 0.15) is 18.4 Å². The molecule has 0 saturated heterocycles. The zero-order valence-electron chi connectivity index (χ0n) is 7.20. The predicted octanol–water partition coefficient (Wildman–Crippen LogP) is -1.97. The van der Waals surface area contributed by atoms with Gasteiger partial charge >= 0.3 is 51.4 Å². The van der Waals surface area contributed by atoms with Gasteiger partial charge in [0.25, 0.3) is 0 Å². The van der Waals surface area contributed by atoms with Gasteiger partial charge in [-0.05, 0) is 6.20 Å². The second-order valence-corrected chi connectivity index (χ2v) is 2.88. The van der Waals surface area contributed by atoms with Gasteiger partial charge in [0, 0.05) is 5.82 Å². The molecule has 0 aliphatic heterocycles. The van der Waals surface area contributed by atoms with Gasteiger partial charge in [-0.1, -0.05) is 18.8 Å². The summed E-state index contributed by atoms with van der Waals surface area (Å²) in [5, 5.41) is 7.43. The fourth-order valence-electron chi connectivity index (χ4n) is 1.01. The summed E-state index contributed by atoms with van der Waals surface area (Å²) in [5.41, 5.74) is 6.62. The first-order valence-electron chi connectivity index (χ1n) is 3.78. The smallest absolute Gasteiger partial charge is 0.433 e. The molecule has 0 radical (unpaired) electrons. The Kier molecular flexibility index (Phi) is 3.99. The number of nitrogen functional groups attached to an aromatic ring is 1. The van der Waals surface area contributed by atoms with E-state index in [4.69, 9.17) is 5.73 Å². The van der Waals surface area contributed by atoms with Crippen LogP contribution in [0.3, 0.4) is 0 Å². The number of nitrogens with zero attached hydrogens (tertiary/aromatic N) is 2. The second kappa shape index (κ2) is 4.57. The largest absolute Gasteiger partial charge is 1.00 e. The molecule has 0 unspecified atom stereocenters. The molecule has 4 heteroatoms. The molecular formula is C8H10KN3. The van der Waals surface area contributed by atoms with Gasteiger partial charge in [0.15, 0.2) is 0 Å². The van der Waals surface area contributed by atoms with Crippen LogP contribution in [0.15, 0.2) is 12.3 Å². The molecule has 1 fully saturated rings. The van der Waals surface area contributed by atoms with Gasteiger partial charge in [-0.15, -0.1) is 11.6 Å². The fourth-order valence-corrected chi connectivity index (χ4v) is 1.01. The molecule has 0 atom stereocenters. The van der Waals surface area contributed by atoms with E-state index in [0.717, 1.165) is 11.5 Å². The van der Waals surface area contributed by atoms with Crippen molar-refractivity contribution in [1.29, 1.82) is 0 Å². The van der Waals surface area contributed by atoms with Gasteiger partial charge in [0.05, 0.1) is 0 Å². The Bertz CT molecular complexity index is 260. The molecule has 0 spiro atoms. The van der Waals surface area contributed by atoms with Gasteiger partial charge < -0.3 is 5.73 Å². The normalized spacial score (nSPS) is 15.0. The average Bonchev–Trinajstić information content (AvgIpc) is 2.78. The van der Waals surface area contributed by atoms with E-state index in [-0.39, 0.29) is 51.4 Å². The van der Waals surface area contributed by atoms with Gasteiger partial charge in [0.1, 0.15) is 0 Å². The summed E-state index contributed by atoms with van der Waals surface area (Å²) in [7, 11) is 0. The maximum Gasteiger partial charge on any atom is 1.00 e. The molecule has 0 aromatic carbocycles. The summed E-state index contributed by atoms with van der Waals surface area (Å²) in [5.74, 6) is 1.28. The van der Waals surface area contributed by atoms with Crippen molar-refractivity contribution in [2.45, 2.75) is 12.8 Å². The van der Waals surface area contributed by atoms with Crippen LogP contribution >= 0.6 is 0 Å². The van der Waals surface area contributed by atoms with Gasteiger partial charge in [-0.2, -0.15) is 11.5 Å². The third-order valence-electron chi connectivity index (χ3n) is 1.82.